The zero-order valence-electron chi connectivity index (χ0n) is 8.05. The Bertz CT molecular complexity index is 426. The van der Waals surface area contributed by atoms with Crippen LogP contribution >= 0.6 is 0 Å². The van der Waals surface area contributed by atoms with Crippen LogP contribution in [0.4, 0.5) is 11.4 Å². The van der Waals surface area contributed by atoms with Crippen LogP contribution in [0.3, 0.4) is 0 Å². The molecule has 3 nitrogen and oxygen atoms in total. The number of hydrogen-bond acceptors (Lipinski definition) is 2. The Balaban J connectivity index is 2.23. The fraction of sp³-hybridized carbons (Fsp3) is 0.364. The summed E-state index contributed by atoms with van der Waals surface area (Å²) in [6, 6.07) is 4.20. The zero-order valence-corrected chi connectivity index (χ0v) is 8.05. The van der Waals surface area contributed by atoms with Crippen LogP contribution in [-0.4, -0.2) is 12.5 Å². The lowest BCUT2D eigenvalue weighted by molar-refractivity contribution is -0.116. The highest BCUT2D eigenvalue weighted by molar-refractivity contribution is 5.97. The average molecular weight is 188 g/mol. The molecule has 3 rings (SSSR count). The Labute approximate surface area is 82.5 Å². The maximum atomic E-state index is 11.4. The number of benzene rings is 1. The van der Waals surface area contributed by atoms with Crippen LogP contribution in [0, 0.1) is 6.92 Å². The molecule has 0 saturated carbocycles. The molecule has 0 bridgehead atoms. The summed E-state index contributed by atoms with van der Waals surface area (Å²) >= 11 is 0. The summed E-state index contributed by atoms with van der Waals surface area (Å²) < 4.78 is 0. The highest BCUT2D eigenvalue weighted by atomic mass is 16.1. The first-order valence-corrected chi connectivity index (χ1v) is 4.92. The van der Waals surface area contributed by atoms with Crippen molar-refractivity contribution in [2.45, 2.75) is 19.3 Å². The van der Waals surface area contributed by atoms with Crippen LogP contribution in [0.5, 0.6) is 0 Å². The minimum absolute atomic E-state index is 0.141. The first-order chi connectivity index (χ1) is 6.74. The predicted molar refractivity (Wildman–Crippen MR) is 55.7 cm³/mol. The topological polar surface area (TPSA) is 41.1 Å². The molecule has 0 saturated heterocycles. The van der Waals surface area contributed by atoms with Gasteiger partial charge < -0.3 is 10.6 Å². The van der Waals surface area contributed by atoms with Crippen LogP contribution in [0.2, 0.25) is 0 Å². The third-order valence-electron chi connectivity index (χ3n) is 2.98. The normalized spacial score (nSPS) is 22.6. The fourth-order valence-electron chi connectivity index (χ4n) is 2.42. The second-order valence-corrected chi connectivity index (χ2v) is 4.10. The van der Waals surface area contributed by atoms with Crippen molar-refractivity contribution in [3.8, 4) is 0 Å². The molecule has 0 radical (unpaired) electrons. The van der Waals surface area contributed by atoms with Gasteiger partial charge in [-0.15, -0.1) is 0 Å². The third kappa shape index (κ3) is 0.953. The number of carbonyl (C=O) groups excluding carboxylic acids is 1. The summed E-state index contributed by atoms with van der Waals surface area (Å²) in [5.74, 6) is 0.525. The van der Waals surface area contributed by atoms with E-state index in [1.807, 2.05) is 6.92 Å². The number of amides is 1. The van der Waals surface area contributed by atoms with Crippen molar-refractivity contribution in [2.75, 3.05) is 17.2 Å². The summed E-state index contributed by atoms with van der Waals surface area (Å²) in [4.78, 5) is 11.4. The smallest absolute Gasteiger partial charge is 0.225 e. The van der Waals surface area contributed by atoms with Gasteiger partial charge in [-0.25, -0.2) is 0 Å². The number of nitrogens with one attached hydrogen (secondary N) is 2. The summed E-state index contributed by atoms with van der Waals surface area (Å²) in [5, 5.41) is 6.28. The number of aryl methyl sites for hydroxylation is 1. The second kappa shape index (κ2) is 2.50. The standard InChI is InChI=1S/C11H12N2O/c1-6-2-8-11-7(5-12-8)4-10(14)13-9(11)3-6/h2-3,7,12H,4-5H2,1H3,(H,13,14). The largest absolute Gasteiger partial charge is 0.384 e. The van der Waals surface area contributed by atoms with Gasteiger partial charge in [-0.2, -0.15) is 0 Å². The van der Waals surface area contributed by atoms with E-state index >= 15 is 0 Å². The molecule has 0 aliphatic carbocycles. The van der Waals surface area contributed by atoms with Crippen LogP contribution in [0.15, 0.2) is 12.1 Å². The number of anilines is 2. The predicted octanol–water partition coefficient (Wildman–Crippen LogP) is 1.85. The van der Waals surface area contributed by atoms with Crippen molar-refractivity contribution in [1.29, 1.82) is 0 Å². The molecule has 2 N–H and O–H groups in total. The first-order valence-electron chi connectivity index (χ1n) is 4.92. The molecule has 72 valence electrons. The van der Waals surface area contributed by atoms with Crippen molar-refractivity contribution < 1.29 is 4.79 Å². The van der Waals surface area contributed by atoms with Crippen LogP contribution < -0.4 is 10.6 Å². The molecule has 2 heterocycles. The SMILES string of the molecule is Cc1cc2c3c(c1)NC(=O)CC3CN2. The third-order valence-corrected chi connectivity index (χ3v) is 2.98. The summed E-state index contributed by atoms with van der Waals surface area (Å²) in [5.41, 5.74) is 4.69. The summed E-state index contributed by atoms with van der Waals surface area (Å²) in [7, 11) is 0. The lowest BCUT2D eigenvalue weighted by Gasteiger charge is -2.21. The molecular weight excluding hydrogens is 176 g/mol. The number of hydrogen-bond donors (Lipinski definition) is 2. The molecule has 0 aromatic heterocycles. The highest BCUT2D eigenvalue weighted by Gasteiger charge is 2.31. The van der Waals surface area contributed by atoms with Crippen molar-refractivity contribution in [3.63, 3.8) is 0 Å². The lowest BCUT2D eigenvalue weighted by atomic mass is 9.91. The Hall–Kier alpha value is -1.51. The molecule has 0 spiro atoms. The van der Waals surface area contributed by atoms with Crippen LogP contribution in [0.1, 0.15) is 23.5 Å². The van der Waals surface area contributed by atoms with Gasteiger partial charge >= 0.3 is 0 Å². The Kier molecular flexibility index (Phi) is 1.40. The van der Waals surface area contributed by atoms with Crippen molar-refractivity contribution >= 4 is 17.3 Å². The van der Waals surface area contributed by atoms with Gasteiger partial charge in [0.25, 0.3) is 0 Å². The molecule has 1 unspecified atom stereocenters. The van der Waals surface area contributed by atoms with Crippen molar-refractivity contribution in [1.82, 2.24) is 0 Å². The Morgan fingerprint density at radius 3 is 3.00 bits per heavy atom. The maximum Gasteiger partial charge on any atom is 0.225 e. The van der Waals surface area contributed by atoms with Crippen molar-refractivity contribution in [3.05, 3.63) is 23.3 Å². The molecule has 1 atom stereocenters. The van der Waals surface area contributed by atoms with Gasteiger partial charge in [0.15, 0.2) is 0 Å². The minimum atomic E-state index is 0.141. The molecule has 2 aliphatic heterocycles. The van der Waals surface area contributed by atoms with Crippen LogP contribution in [-0.2, 0) is 4.79 Å². The average Bonchev–Trinajstić information content (AvgIpc) is 2.48. The second-order valence-electron chi connectivity index (χ2n) is 4.10. The van der Waals surface area contributed by atoms with E-state index in [1.165, 1.54) is 16.8 Å². The van der Waals surface area contributed by atoms with Gasteiger partial charge in [0, 0.05) is 35.8 Å². The van der Waals surface area contributed by atoms with Crippen molar-refractivity contribution in [2.24, 2.45) is 0 Å². The van der Waals surface area contributed by atoms with E-state index in [4.69, 9.17) is 0 Å². The van der Waals surface area contributed by atoms with Gasteiger partial charge in [0.05, 0.1) is 0 Å². The molecule has 1 aromatic carbocycles. The van der Waals surface area contributed by atoms with E-state index in [2.05, 4.69) is 22.8 Å². The van der Waals surface area contributed by atoms with E-state index in [1.54, 1.807) is 0 Å². The quantitative estimate of drug-likeness (QED) is 0.652. The Morgan fingerprint density at radius 1 is 1.36 bits per heavy atom. The maximum absolute atomic E-state index is 11.4. The summed E-state index contributed by atoms with van der Waals surface area (Å²) in [6.07, 6.45) is 0.621. The fourth-order valence-corrected chi connectivity index (χ4v) is 2.42. The molecule has 3 heteroatoms. The van der Waals surface area contributed by atoms with Gasteiger partial charge in [0.1, 0.15) is 0 Å². The van der Waals surface area contributed by atoms with E-state index in [-0.39, 0.29) is 5.91 Å². The monoisotopic (exact) mass is 188 g/mol. The lowest BCUT2D eigenvalue weighted by Crippen LogP contribution is -2.22. The highest BCUT2D eigenvalue weighted by Crippen LogP contribution is 2.42. The molecule has 0 fully saturated rings. The minimum Gasteiger partial charge on any atom is -0.384 e. The van der Waals surface area contributed by atoms with Gasteiger partial charge in [0.2, 0.25) is 5.91 Å². The van der Waals surface area contributed by atoms with Gasteiger partial charge in [-0.1, -0.05) is 0 Å². The molecule has 2 aliphatic rings. The van der Waals surface area contributed by atoms with E-state index in [0.29, 0.717) is 12.3 Å². The number of carbonyl (C=O) groups is 1. The van der Waals surface area contributed by atoms with Gasteiger partial charge in [-0.05, 0) is 24.6 Å². The zero-order chi connectivity index (χ0) is 9.71. The molecular formula is C11H12N2O. The number of rotatable bonds is 0. The Morgan fingerprint density at radius 2 is 2.14 bits per heavy atom. The van der Waals surface area contributed by atoms with E-state index in [0.717, 1.165) is 12.2 Å². The molecule has 1 aromatic rings. The van der Waals surface area contributed by atoms with E-state index < -0.39 is 0 Å². The summed E-state index contributed by atoms with van der Waals surface area (Å²) in [6.45, 7) is 2.95. The first kappa shape index (κ1) is 7.85. The van der Waals surface area contributed by atoms with E-state index in [9.17, 15) is 4.79 Å². The van der Waals surface area contributed by atoms with Crippen LogP contribution in [0.25, 0.3) is 0 Å². The van der Waals surface area contributed by atoms with Gasteiger partial charge in [-0.3, -0.25) is 4.79 Å². The molecule has 1 amide bonds. The molecule has 14 heavy (non-hydrogen) atoms.